The van der Waals surface area contributed by atoms with Crippen LogP contribution in [-0.4, -0.2) is 0 Å². The van der Waals surface area contributed by atoms with Crippen molar-refractivity contribution >= 4 is 24.8 Å². The van der Waals surface area contributed by atoms with Gasteiger partial charge in [-0.05, 0) is 0 Å². The van der Waals surface area contributed by atoms with Crippen LogP contribution in [0.25, 0.3) is 0 Å². The summed E-state index contributed by atoms with van der Waals surface area (Å²) in [6.07, 6.45) is 0. The van der Waals surface area contributed by atoms with Gasteiger partial charge in [0.2, 0.25) is 0 Å². The monoisotopic (exact) mass is 439 g/mol. The molecule has 0 aromatic heterocycles. The first-order chi connectivity index (χ1) is 0. The topological polar surface area (TPSA) is 70.0 Å². The van der Waals surface area contributed by atoms with Crippen LogP contribution in [0.4, 0.5) is 0 Å². The van der Waals surface area contributed by atoms with Gasteiger partial charge in [-0.2, -0.15) is 0 Å². The molecule has 1 radical (unpaired) electrons. The van der Waals surface area contributed by atoms with E-state index in [0.29, 0.717) is 0 Å². The van der Waals surface area contributed by atoms with Crippen molar-refractivity contribution in [3.05, 3.63) is 0 Å². The second-order valence-corrected chi connectivity index (χ2v) is 0. The summed E-state index contributed by atoms with van der Waals surface area (Å²) in [6.45, 7) is 0. The van der Waals surface area contributed by atoms with E-state index < -0.39 is 0 Å². The van der Waals surface area contributed by atoms with E-state index >= 15 is 0 Å². The molecule has 0 aliphatic heterocycles. The number of hydrogen-bond acceptors (Lipinski definition) is 2. The molecule has 0 rings (SSSR count). The second-order valence-electron chi connectivity index (χ2n) is 0. The Labute approximate surface area is 106 Å². The Bertz CT molecular complexity index is 11.0. The molecule has 0 amide bonds. The number of halogens is 6. The van der Waals surface area contributed by atoms with E-state index in [2.05, 4.69) is 0 Å². The SMILES string of the molecule is Cl.Cl.N.N.[Cl-].[Cl-].[Cl-].[Cl-].[Ir]. The molecule has 0 bridgehead atoms. The van der Waals surface area contributed by atoms with Crippen LogP contribution in [0.1, 0.15) is 0 Å². The molecule has 73 valence electrons. The van der Waals surface area contributed by atoms with Crippen LogP contribution in [-0.2, 0) is 20.1 Å². The van der Waals surface area contributed by atoms with Gasteiger partial charge in [-0.3, -0.25) is 0 Å². The average Bonchev–Trinajstić information content (AvgIpc) is 0. The predicted octanol–water partition coefficient (Wildman–Crippen LogP) is -10.8. The minimum Gasteiger partial charge on any atom is -1.00 e. The van der Waals surface area contributed by atoms with Crippen LogP contribution in [0.5, 0.6) is 0 Å². The van der Waals surface area contributed by atoms with E-state index in [0.717, 1.165) is 0 Å². The van der Waals surface area contributed by atoms with Gasteiger partial charge in [-0.15, -0.1) is 24.8 Å². The molecule has 0 heterocycles. The summed E-state index contributed by atoms with van der Waals surface area (Å²) in [5.74, 6) is 0. The average molecular weight is 441 g/mol. The van der Waals surface area contributed by atoms with E-state index in [1.54, 1.807) is 0 Å². The Kier molecular flexibility index (Phi) is 4200. The van der Waals surface area contributed by atoms with Crippen LogP contribution < -0.4 is 61.9 Å². The van der Waals surface area contributed by atoms with Crippen LogP contribution in [0.15, 0.2) is 0 Å². The van der Waals surface area contributed by atoms with E-state index in [4.69, 9.17) is 0 Å². The Morgan fingerprint density at radius 3 is 0.444 bits per heavy atom. The van der Waals surface area contributed by atoms with E-state index in [1.165, 1.54) is 0 Å². The molecular weight excluding hydrogens is 433 g/mol. The zero-order chi connectivity index (χ0) is 0. The molecule has 0 aliphatic rings. The van der Waals surface area contributed by atoms with Crippen molar-refractivity contribution in [1.29, 1.82) is 0 Å². The van der Waals surface area contributed by atoms with Crippen molar-refractivity contribution in [3.63, 3.8) is 0 Å². The van der Waals surface area contributed by atoms with E-state index in [9.17, 15) is 0 Å². The molecule has 0 aromatic carbocycles. The van der Waals surface area contributed by atoms with Gasteiger partial charge in [-0.25, -0.2) is 0 Å². The van der Waals surface area contributed by atoms with Crippen molar-refractivity contribution in [2.45, 2.75) is 0 Å². The second kappa shape index (κ2) is 168. The van der Waals surface area contributed by atoms with Gasteiger partial charge < -0.3 is 61.9 Å². The number of hydrogen-bond donors (Lipinski definition) is 2. The van der Waals surface area contributed by atoms with Gasteiger partial charge in [-0.1, -0.05) is 0 Å². The Hall–Kier alpha value is 2.31. The Morgan fingerprint density at radius 1 is 0.444 bits per heavy atom. The molecule has 0 fully saturated rings. The summed E-state index contributed by atoms with van der Waals surface area (Å²) in [5, 5.41) is 0. The van der Waals surface area contributed by atoms with Crippen molar-refractivity contribution in [1.82, 2.24) is 12.3 Å². The molecule has 9 heteroatoms. The van der Waals surface area contributed by atoms with Gasteiger partial charge in [0.25, 0.3) is 0 Å². The first kappa shape index (κ1) is 225. The minimum atomic E-state index is 0. The quantitative estimate of drug-likeness (QED) is 0.393. The maximum atomic E-state index is 0. The summed E-state index contributed by atoms with van der Waals surface area (Å²) >= 11 is 0. The van der Waals surface area contributed by atoms with Crippen LogP contribution >= 0.6 is 24.8 Å². The third-order valence-electron chi connectivity index (χ3n) is 0. The van der Waals surface area contributed by atoms with Gasteiger partial charge in [0, 0.05) is 20.1 Å². The Balaban J connectivity index is 0. The van der Waals surface area contributed by atoms with E-state index in [-0.39, 0.29) is 107 Å². The molecule has 6 N–H and O–H groups in total. The smallest absolute Gasteiger partial charge is 0 e. The molecule has 0 saturated heterocycles. The molecule has 0 atom stereocenters. The van der Waals surface area contributed by atoms with Crippen molar-refractivity contribution < 1.29 is 69.7 Å². The summed E-state index contributed by atoms with van der Waals surface area (Å²) < 4.78 is 0. The van der Waals surface area contributed by atoms with Crippen LogP contribution in [0.2, 0.25) is 0 Å². The fourth-order valence-corrected chi connectivity index (χ4v) is 0. The largest absolute Gasteiger partial charge is 1.00 e. The molecule has 0 aliphatic carbocycles. The zero-order valence-electron chi connectivity index (χ0n) is 4.08. The molecule has 9 heavy (non-hydrogen) atoms. The third kappa shape index (κ3) is 133. The molecule has 0 saturated carbocycles. The fraction of sp³-hybridized carbons (Fsp3) is 0. The summed E-state index contributed by atoms with van der Waals surface area (Å²) in [5.41, 5.74) is 0. The molecular formula is H8Cl6IrN2-4. The van der Waals surface area contributed by atoms with Crippen molar-refractivity contribution in [3.8, 4) is 0 Å². The molecule has 0 spiro atoms. The fourth-order valence-electron chi connectivity index (χ4n) is 0. The van der Waals surface area contributed by atoms with Crippen LogP contribution in [0.3, 0.4) is 0 Å². The summed E-state index contributed by atoms with van der Waals surface area (Å²) in [4.78, 5) is 0. The standard InChI is InChI=1S/6ClH.Ir.2H3N/h6*1H;;2*1H3/p-4. The predicted molar refractivity (Wildman–Crippen MR) is 24.5 cm³/mol. The van der Waals surface area contributed by atoms with Gasteiger partial charge >= 0.3 is 0 Å². The van der Waals surface area contributed by atoms with Crippen LogP contribution in [0, 0.1) is 0 Å². The van der Waals surface area contributed by atoms with Gasteiger partial charge in [0.15, 0.2) is 0 Å². The molecule has 0 unspecified atom stereocenters. The van der Waals surface area contributed by atoms with E-state index in [1.807, 2.05) is 0 Å². The maximum Gasteiger partial charge on any atom is 0 e. The first-order valence-electron chi connectivity index (χ1n) is 0. The first-order valence-corrected chi connectivity index (χ1v) is 0. The third-order valence-corrected chi connectivity index (χ3v) is 0. The maximum absolute atomic E-state index is 0. The Morgan fingerprint density at radius 2 is 0.444 bits per heavy atom. The number of rotatable bonds is 0. The van der Waals surface area contributed by atoms with Crippen molar-refractivity contribution in [2.24, 2.45) is 0 Å². The molecule has 2 nitrogen and oxygen atoms in total. The zero-order valence-corrected chi connectivity index (χ0v) is 11.1. The summed E-state index contributed by atoms with van der Waals surface area (Å²) in [7, 11) is 0. The van der Waals surface area contributed by atoms with Gasteiger partial charge in [0.1, 0.15) is 0 Å². The minimum absolute atomic E-state index is 0. The summed E-state index contributed by atoms with van der Waals surface area (Å²) in [6, 6.07) is 0. The van der Waals surface area contributed by atoms with Gasteiger partial charge in [0.05, 0.1) is 0 Å². The van der Waals surface area contributed by atoms with Crippen molar-refractivity contribution in [2.75, 3.05) is 0 Å². The molecule has 0 aromatic rings. The normalized spacial score (nSPS) is 0.